The van der Waals surface area contributed by atoms with Crippen molar-refractivity contribution < 1.29 is 42.9 Å². The summed E-state index contributed by atoms with van der Waals surface area (Å²) >= 11 is 0. The number of hydrogen-bond acceptors (Lipinski definition) is 9. The highest BCUT2D eigenvalue weighted by Crippen LogP contribution is 2.48. The lowest BCUT2D eigenvalue weighted by atomic mass is 9.65. The molecule has 9 heteroatoms. The molecule has 9 nitrogen and oxygen atoms in total. The van der Waals surface area contributed by atoms with Crippen LogP contribution in [0.2, 0.25) is 0 Å². The predicted molar refractivity (Wildman–Crippen MR) is 320 cm³/mol. The number of ether oxygens (including phenoxy) is 5. The Morgan fingerprint density at radius 2 is 0.716 bits per heavy atom. The minimum Gasteiger partial charge on any atom is -0.491 e. The summed E-state index contributed by atoms with van der Waals surface area (Å²) in [5, 5.41) is 0. The lowest BCUT2D eigenvalue weighted by Crippen LogP contribution is -2.41. The molecule has 0 N–H and O–H groups in total. The van der Waals surface area contributed by atoms with Gasteiger partial charge in [0.1, 0.15) is 40.6 Å². The Balaban J connectivity index is 0.786. The normalized spacial score (nSPS) is 16.1. The zero-order valence-electron chi connectivity index (χ0n) is 48.5. The zero-order chi connectivity index (χ0) is 57.4. The maximum absolute atomic E-state index is 14.3. The van der Waals surface area contributed by atoms with Gasteiger partial charge in [-0.15, -0.1) is 0 Å². The van der Waals surface area contributed by atoms with E-state index in [0.29, 0.717) is 57.4 Å². The zero-order valence-corrected chi connectivity index (χ0v) is 48.5. The molecule has 2 aliphatic carbocycles. The minimum atomic E-state index is -0.828. The fraction of sp³-hybridized carbons (Fsp3) is 0.361. The molecule has 2 saturated carbocycles. The molecule has 0 amide bonds. The molecule has 0 saturated heterocycles. The Morgan fingerprint density at radius 1 is 0.395 bits per heavy atom. The van der Waals surface area contributed by atoms with E-state index >= 15 is 0 Å². The summed E-state index contributed by atoms with van der Waals surface area (Å²) < 4.78 is 30.3. The third-order valence-corrected chi connectivity index (χ3v) is 17.6. The van der Waals surface area contributed by atoms with Gasteiger partial charge < -0.3 is 23.7 Å². The highest BCUT2D eigenvalue weighted by atomic mass is 16.5. The van der Waals surface area contributed by atoms with Crippen LogP contribution >= 0.6 is 0 Å². The number of rotatable bonds is 21. The van der Waals surface area contributed by atoms with E-state index in [0.717, 1.165) is 63.5 Å². The van der Waals surface area contributed by atoms with E-state index in [1.165, 1.54) is 35.1 Å². The van der Waals surface area contributed by atoms with Crippen molar-refractivity contribution in [2.75, 3.05) is 0 Å². The quantitative estimate of drug-likeness (QED) is 0.0394. The molecule has 2 aliphatic rings. The number of carbonyl (C=O) groups is 4. The first kappa shape index (κ1) is 57.9. The van der Waals surface area contributed by atoms with Gasteiger partial charge in [-0.3, -0.25) is 9.59 Å². The third kappa shape index (κ3) is 12.9. The second kappa shape index (κ2) is 24.9. The van der Waals surface area contributed by atoms with Crippen LogP contribution in [0, 0.1) is 10.8 Å². The molecule has 0 aliphatic heterocycles. The van der Waals surface area contributed by atoms with Crippen molar-refractivity contribution in [2.24, 2.45) is 10.8 Å². The van der Waals surface area contributed by atoms with E-state index in [1.807, 2.05) is 91.8 Å². The van der Waals surface area contributed by atoms with Gasteiger partial charge in [-0.2, -0.15) is 0 Å². The van der Waals surface area contributed by atoms with Gasteiger partial charge in [0.05, 0.1) is 22.6 Å². The molecular formula is C72H78O9. The molecule has 2 fully saturated rings. The Morgan fingerprint density at radius 3 is 1.09 bits per heavy atom. The van der Waals surface area contributed by atoms with Gasteiger partial charge >= 0.3 is 11.9 Å². The van der Waals surface area contributed by atoms with E-state index in [4.69, 9.17) is 23.7 Å². The van der Waals surface area contributed by atoms with Crippen molar-refractivity contribution in [3.63, 3.8) is 0 Å². The maximum atomic E-state index is 14.3. The van der Waals surface area contributed by atoms with E-state index < -0.39 is 28.9 Å². The summed E-state index contributed by atoms with van der Waals surface area (Å²) in [5.41, 5.74) is 5.17. The van der Waals surface area contributed by atoms with E-state index in [2.05, 4.69) is 60.7 Å². The molecule has 7 aromatic carbocycles. The van der Waals surface area contributed by atoms with Crippen LogP contribution in [0.1, 0.15) is 196 Å². The third-order valence-electron chi connectivity index (χ3n) is 17.6. The molecule has 2 atom stereocenters. The molecule has 0 radical (unpaired) electrons. The Bertz CT molecular complexity index is 3250. The van der Waals surface area contributed by atoms with Gasteiger partial charge in [0.25, 0.3) is 0 Å². The fourth-order valence-corrected chi connectivity index (χ4v) is 11.9. The first-order valence-corrected chi connectivity index (χ1v) is 29.2. The topological polar surface area (TPSA) is 114 Å². The van der Waals surface area contributed by atoms with Crippen molar-refractivity contribution in [3.05, 3.63) is 214 Å². The average Bonchev–Trinajstić information content (AvgIpc) is 3.70. The van der Waals surface area contributed by atoms with E-state index in [1.54, 1.807) is 72.8 Å². The van der Waals surface area contributed by atoms with Gasteiger partial charge in [-0.1, -0.05) is 127 Å². The summed E-state index contributed by atoms with van der Waals surface area (Å²) in [4.78, 5) is 53.7. The van der Waals surface area contributed by atoms with Gasteiger partial charge in [0, 0.05) is 27.4 Å². The molecule has 0 heterocycles. The van der Waals surface area contributed by atoms with Crippen LogP contribution in [0.4, 0.5) is 0 Å². The van der Waals surface area contributed by atoms with Crippen molar-refractivity contribution in [1.82, 2.24) is 0 Å². The summed E-state index contributed by atoms with van der Waals surface area (Å²) in [6.45, 7) is 15.9. The molecule has 0 bridgehead atoms. The Kier molecular flexibility index (Phi) is 17.8. The summed E-state index contributed by atoms with van der Waals surface area (Å²) in [7, 11) is 0. The number of benzene rings is 7. The van der Waals surface area contributed by atoms with E-state index in [-0.39, 0.29) is 28.5 Å². The van der Waals surface area contributed by atoms with Gasteiger partial charge in [0.15, 0.2) is 11.6 Å². The van der Waals surface area contributed by atoms with Gasteiger partial charge in [0.2, 0.25) is 0 Å². The first-order valence-electron chi connectivity index (χ1n) is 29.2. The summed E-state index contributed by atoms with van der Waals surface area (Å²) in [5.74, 6) is 2.69. The number of ketones is 2. The van der Waals surface area contributed by atoms with Crippen LogP contribution in [0.5, 0.6) is 34.5 Å². The van der Waals surface area contributed by atoms with Crippen LogP contribution in [0.3, 0.4) is 0 Å². The number of esters is 2. The molecule has 81 heavy (non-hydrogen) atoms. The molecule has 7 aromatic rings. The van der Waals surface area contributed by atoms with Crippen LogP contribution in [0.25, 0.3) is 0 Å². The number of hydrogen-bond donors (Lipinski definition) is 0. The second-order valence-electron chi connectivity index (χ2n) is 23.5. The standard InChI is InChI=1S/C72H78O9/c1-9-69(6,7)65(73)51-17-19-53(20-18-51)67(75)80-63-41-29-58(30-42-63)72(47-15-12-16-48-72)56-27-39-60(40-28-56)78-50(5)70(8,10-2)66(74)52-21-33-61(34-22-52)79-62-35-23-54(24-36-62)68(76)81-64-43-31-57(32-44-64)71(45-13-11-14-46-71)55-25-37-59(38-26-55)77-49(3)4/h17-44,49-50H,9-16,45-48H2,1-8H3. The average molecular weight is 1090 g/mol. The van der Waals surface area contributed by atoms with E-state index in [9.17, 15) is 19.2 Å². The summed E-state index contributed by atoms with van der Waals surface area (Å²) in [6.07, 6.45) is 12.0. The van der Waals surface area contributed by atoms with Gasteiger partial charge in [-0.05, 0) is 198 Å². The Labute approximate surface area is 479 Å². The van der Waals surface area contributed by atoms with Crippen molar-refractivity contribution in [1.29, 1.82) is 0 Å². The predicted octanol–water partition coefficient (Wildman–Crippen LogP) is 17.9. The summed E-state index contributed by atoms with van der Waals surface area (Å²) in [6, 6.07) is 53.4. The molecule has 420 valence electrons. The largest absolute Gasteiger partial charge is 0.491 e. The van der Waals surface area contributed by atoms with Crippen molar-refractivity contribution >= 4 is 23.5 Å². The Hall–Kier alpha value is -7.78. The molecule has 2 unspecified atom stereocenters. The van der Waals surface area contributed by atoms with Gasteiger partial charge in [-0.25, -0.2) is 9.59 Å². The van der Waals surface area contributed by atoms with Crippen LogP contribution in [-0.2, 0) is 10.8 Å². The van der Waals surface area contributed by atoms with Crippen LogP contribution < -0.4 is 23.7 Å². The van der Waals surface area contributed by atoms with Crippen molar-refractivity contribution in [3.8, 4) is 34.5 Å². The fourth-order valence-electron chi connectivity index (χ4n) is 11.9. The SMILES string of the molecule is CCC(C)(C)C(=O)c1ccc(C(=O)Oc2ccc(C3(c4ccc(OC(C)C(C)(CC)C(=O)c5ccc(Oc6ccc(C(=O)Oc7ccc(C8(c9ccc(OC(C)C)cc9)CCCCC8)cc7)cc6)cc5)cc4)CCCCC3)cc2)cc1. The lowest BCUT2D eigenvalue weighted by Gasteiger charge is -2.39. The smallest absolute Gasteiger partial charge is 0.343 e. The second-order valence-corrected chi connectivity index (χ2v) is 23.5. The minimum absolute atomic E-state index is 0.0229. The first-order chi connectivity index (χ1) is 38.9. The molecule has 0 spiro atoms. The van der Waals surface area contributed by atoms with Crippen molar-refractivity contribution in [2.45, 2.75) is 155 Å². The van der Waals surface area contributed by atoms with Crippen LogP contribution in [-0.4, -0.2) is 35.7 Å². The molecule has 9 rings (SSSR count). The molecular weight excluding hydrogens is 1010 g/mol. The lowest BCUT2D eigenvalue weighted by molar-refractivity contribution is 0.0480. The van der Waals surface area contributed by atoms with Crippen LogP contribution in [0.15, 0.2) is 170 Å². The number of carbonyl (C=O) groups excluding carboxylic acids is 4. The highest BCUT2D eigenvalue weighted by Gasteiger charge is 2.41. The highest BCUT2D eigenvalue weighted by molar-refractivity contribution is 6.01. The molecule has 0 aromatic heterocycles. The maximum Gasteiger partial charge on any atom is 0.343 e. The monoisotopic (exact) mass is 1090 g/mol. The number of Topliss-reactive ketones (excluding diaryl/α,β-unsaturated/α-hetero) is 2.